The summed E-state index contributed by atoms with van der Waals surface area (Å²) < 4.78 is 21.2. The summed E-state index contributed by atoms with van der Waals surface area (Å²) in [7, 11) is 0. The van der Waals surface area contributed by atoms with Gasteiger partial charge < -0.3 is 18.8 Å². The highest BCUT2D eigenvalue weighted by Crippen LogP contribution is 2.41. The molecule has 33 heavy (non-hydrogen) atoms. The third-order valence-electron chi connectivity index (χ3n) is 5.43. The van der Waals surface area contributed by atoms with E-state index in [1.807, 2.05) is 59.3 Å². The predicted molar refractivity (Wildman–Crippen MR) is 127 cm³/mol. The van der Waals surface area contributed by atoms with Gasteiger partial charge in [-0.15, -0.1) is 11.3 Å². The summed E-state index contributed by atoms with van der Waals surface area (Å²) in [6, 6.07) is 19.1. The molecule has 0 N–H and O–H groups in total. The molecule has 0 saturated carbocycles. The van der Waals surface area contributed by atoms with Gasteiger partial charge in [0.2, 0.25) is 5.79 Å². The van der Waals surface area contributed by atoms with E-state index in [-0.39, 0.29) is 6.10 Å². The Kier molecular flexibility index (Phi) is 6.28. The van der Waals surface area contributed by atoms with Crippen molar-refractivity contribution in [2.24, 2.45) is 0 Å². The Morgan fingerprint density at radius 2 is 1.88 bits per heavy atom. The minimum absolute atomic E-state index is 0.232. The standard InChI is InChI=1S/C25H21ClN2O4S/c26-24-10-9-23(33-24)25(16-28-12-11-27-17-28)31-15-22(32-25)14-30-21-7-5-20(6-8-21)19-3-1-18(13-29)2-4-19/h1-13,17,22H,14-16H2. The Balaban J connectivity index is 1.24. The average molecular weight is 481 g/mol. The van der Waals surface area contributed by atoms with Gasteiger partial charge in [-0.1, -0.05) is 48.0 Å². The number of hydrogen-bond donors (Lipinski definition) is 0. The lowest BCUT2D eigenvalue weighted by Crippen LogP contribution is -2.33. The van der Waals surface area contributed by atoms with Crippen molar-refractivity contribution in [3.63, 3.8) is 0 Å². The molecule has 0 bridgehead atoms. The molecule has 0 spiro atoms. The smallest absolute Gasteiger partial charge is 0.223 e. The summed E-state index contributed by atoms with van der Waals surface area (Å²) in [6.45, 7) is 1.24. The first kappa shape index (κ1) is 21.9. The average Bonchev–Trinajstić information content (AvgIpc) is 3.61. The maximum Gasteiger partial charge on any atom is 0.223 e. The number of ether oxygens (including phenoxy) is 3. The molecule has 0 amide bonds. The largest absolute Gasteiger partial charge is 0.491 e. The Morgan fingerprint density at radius 1 is 1.12 bits per heavy atom. The maximum absolute atomic E-state index is 10.8. The lowest BCUT2D eigenvalue weighted by molar-refractivity contribution is -0.186. The number of halogens is 1. The van der Waals surface area contributed by atoms with Gasteiger partial charge in [0.05, 0.1) is 28.7 Å². The molecule has 0 radical (unpaired) electrons. The van der Waals surface area contributed by atoms with Crippen molar-refractivity contribution in [2.45, 2.75) is 18.4 Å². The fourth-order valence-corrected chi connectivity index (χ4v) is 4.89. The number of nitrogens with zero attached hydrogens (tertiary/aromatic N) is 2. The summed E-state index contributed by atoms with van der Waals surface area (Å²) in [5.41, 5.74) is 2.75. The SMILES string of the molecule is O=Cc1ccc(-c2ccc(OCC3COC(Cn4ccnc4)(c4ccc(Cl)s4)O3)cc2)cc1. The van der Waals surface area contributed by atoms with Crippen LogP contribution in [0.4, 0.5) is 0 Å². The van der Waals surface area contributed by atoms with Crippen molar-refractivity contribution in [3.05, 3.63) is 94.2 Å². The zero-order valence-corrected chi connectivity index (χ0v) is 19.2. The van der Waals surface area contributed by atoms with Gasteiger partial charge in [0.25, 0.3) is 0 Å². The fraction of sp³-hybridized carbons (Fsp3) is 0.200. The molecular formula is C25H21ClN2O4S. The molecule has 6 nitrogen and oxygen atoms in total. The number of benzene rings is 2. The van der Waals surface area contributed by atoms with Crippen LogP contribution in [0.1, 0.15) is 15.2 Å². The Labute approximate surface area is 200 Å². The zero-order chi connectivity index (χ0) is 22.7. The second-order valence-corrected chi connectivity index (χ2v) is 9.43. The van der Waals surface area contributed by atoms with E-state index in [9.17, 15) is 4.79 Å². The van der Waals surface area contributed by atoms with E-state index in [0.29, 0.717) is 29.7 Å². The summed E-state index contributed by atoms with van der Waals surface area (Å²) >= 11 is 7.63. The molecule has 1 fully saturated rings. The maximum atomic E-state index is 10.8. The molecule has 5 rings (SSSR count). The van der Waals surface area contributed by atoms with Gasteiger partial charge in [-0.05, 0) is 35.4 Å². The summed E-state index contributed by atoms with van der Waals surface area (Å²) in [6.07, 6.45) is 5.95. The van der Waals surface area contributed by atoms with Crippen molar-refractivity contribution >= 4 is 29.2 Å². The molecule has 0 aliphatic carbocycles. The van der Waals surface area contributed by atoms with E-state index >= 15 is 0 Å². The zero-order valence-electron chi connectivity index (χ0n) is 17.6. The molecule has 2 aromatic heterocycles. The van der Waals surface area contributed by atoms with Crippen molar-refractivity contribution in [1.82, 2.24) is 9.55 Å². The van der Waals surface area contributed by atoms with Crippen LogP contribution in [-0.4, -0.2) is 35.2 Å². The van der Waals surface area contributed by atoms with Crippen molar-refractivity contribution < 1.29 is 19.0 Å². The van der Waals surface area contributed by atoms with Gasteiger partial charge in [0, 0.05) is 18.0 Å². The van der Waals surface area contributed by atoms with E-state index in [4.69, 9.17) is 25.8 Å². The van der Waals surface area contributed by atoms with Crippen LogP contribution in [0, 0.1) is 0 Å². The predicted octanol–water partition coefficient (Wildman–Crippen LogP) is 5.42. The number of imidazole rings is 1. The lowest BCUT2D eigenvalue weighted by atomic mass is 10.0. The monoisotopic (exact) mass is 480 g/mol. The van der Waals surface area contributed by atoms with E-state index in [1.54, 1.807) is 24.7 Å². The van der Waals surface area contributed by atoms with Crippen LogP contribution in [0.25, 0.3) is 11.1 Å². The molecule has 3 heterocycles. The molecule has 1 saturated heterocycles. The van der Waals surface area contributed by atoms with E-state index in [1.165, 1.54) is 11.3 Å². The third-order valence-corrected chi connectivity index (χ3v) is 6.78. The molecule has 1 aliphatic heterocycles. The number of aromatic nitrogens is 2. The van der Waals surface area contributed by atoms with Crippen LogP contribution in [0.3, 0.4) is 0 Å². The second-order valence-electron chi connectivity index (χ2n) is 7.72. The number of hydrogen-bond acceptors (Lipinski definition) is 6. The molecule has 2 atom stereocenters. The van der Waals surface area contributed by atoms with Crippen molar-refractivity contribution in [2.75, 3.05) is 13.2 Å². The highest BCUT2D eigenvalue weighted by Gasteiger charge is 2.45. The van der Waals surface area contributed by atoms with E-state index in [0.717, 1.165) is 28.0 Å². The van der Waals surface area contributed by atoms with Crippen LogP contribution in [0.5, 0.6) is 5.75 Å². The molecule has 8 heteroatoms. The van der Waals surface area contributed by atoms with E-state index < -0.39 is 5.79 Å². The van der Waals surface area contributed by atoms with Gasteiger partial charge >= 0.3 is 0 Å². The van der Waals surface area contributed by atoms with Gasteiger partial charge in [-0.3, -0.25) is 4.79 Å². The quantitative estimate of drug-likeness (QED) is 0.315. The Hall–Kier alpha value is -2.97. The normalized spacial score (nSPS) is 20.1. The molecule has 168 valence electrons. The molecule has 1 aliphatic rings. The topological polar surface area (TPSA) is 62.6 Å². The van der Waals surface area contributed by atoms with Gasteiger partial charge in [0.15, 0.2) is 0 Å². The van der Waals surface area contributed by atoms with Crippen LogP contribution < -0.4 is 4.74 Å². The van der Waals surface area contributed by atoms with Crippen LogP contribution >= 0.6 is 22.9 Å². The number of carbonyl (C=O) groups excluding carboxylic acids is 1. The number of carbonyl (C=O) groups is 1. The van der Waals surface area contributed by atoms with E-state index in [2.05, 4.69) is 4.98 Å². The molecule has 4 aromatic rings. The van der Waals surface area contributed by atoms with Gasteiger partial charge in [0.1, 0.15) is 24.7 Å². The van der Waals surface area contributed by atoms with Crippen LogP contribution in [0.2, 0.25) is 4.34 Å². The third kappa shape index (κ3) is 4.86. The second kappa shape index (κ2) is 9.49. The number of thiophene rings is 1. The van der Waals surface area contributed by atoms with Gasteiger partial charge in [-0.25, -0.2) is 4.98 Å². The van der Waals surface area contributed by atoms with Gasteiger partial charge in [-0.2, -0.15) is 0 Å². The van der Waals surface area contributed by atoms with Crippen LogP contribution in [0.15, 0.2) is 79.4 Å². The number of rotatable bonds is 8. The molecular weight excluding hydrogens is 460 g/mol. The highest BCUT2D eigenvalue weighted by molar-refractivity contribution is 7.16. The summed E-state index contributed by atoms with van der Waals surface area (Å²) in [5.74, 6) is -0.178. The minimum atomic E-state index is -0.927. The fourth-order valence-electron chi connectivity index (χ4n) is 3.76. The Morgan fingerprint density at radius 3 is 2.52 bits per heavy atom. The summed E-state index contributed by atoms with van der Waals surface area (Å²) in [5, 5.41) is 0. The minimum Gasteiger partial charge on any atom is -0.491 e. The number of aldehydes is 1. The summed E-state index contributed by atoms with van der Waals surface area (Å²) in [4.78, 5) is 15.9. The van der Waals surface area contributed by atoms with Crippen molar-refractivity contribution in [3.8, 4) is 16.9 Å². The Bertz CT molecular complexity index is 1210. The first-order valence-electron chi connectivity index (χ1n) is 10.5. The first-order valence-corrected chi connectivity index (χ1v) is 11.6. The molecule has 2 unspecified atom stereocenters. The van der Waals surface area contributed by atoms with Crippen LogP contribution in [-0.2, 0) is 21.8 Å². The highest BCUT2D eigenvalue weighted by atomic mass is 35.5. The molecule has 2 aromatic carbocycles. The lowest BCUT2D eigenvalue weighted by Gasteiger charge is -2.27. The van der Waals surface area contributed by atoms with Crippen molar-refractivity contribution in [1.29, 1.82) is 0 Å². The first-order chi connectivity index (χ1) is 16.1.